The van der Waals surface area contributed by atoms with Crippen molar-refractivity contribution in [2.75, 3.05) is 27.7 Å². The Balaban J connectivity index is 2.03. The lowest BCUT2D eigenvalue weighted by atomic mass is 9.96. The van der Waals surface area contributed by atoms with E-state index in [1.54, 1.807) is 61.5 Å². The van der Waals surface area contributed by atoms with Crippen LogP contribution >= 0.6 is 0 Å². The summed E-state index contributed by atoms with van der Waals surface area (Å²) in [6.45, 7) is -0.594. The Kier molecular flexibility index (Phi) is 6.02. The lowest BCUT2D eigenvalue weighted by Gasteiger charge is -2.22. The molecule has 1 N–H and O–H groups in total. The van der Waals surface area contributed by atoms with E-state index < -0.39 is 28.3 Å². The molecule has 1 heterocycles. The number of nitrogens with zero attached hydrogens (tertiary/aromatic N) is 2. The first kappa shape index (κ1) is 21.3. The number of hydrogen-bond acceptors (Lipinski definition) is 6. The molecule has 0 aromatic heterocycles. The molecule has 0 saturated heterocycles. The van der Waals surface area contributed by atoms with Crippen LogP contribution in [0.1, 0.15) is 15.9 Å². The maximum Gasteiger partial charge on any atom is 0.414 e. The zero-order valence-electron chi connectivity index (χ0n) is 16.7. The Labute approximate surface area is 174 Å². The van der Waals surface area contributed by atoms with Gasteiger partial charge in [-0.3, -0.25) is 15.1 Å². The number of rotatable bonds is 3. The number of fused-ring (bicyclic) bond motifs is 1. The zero-order chi connectivity index (χ0) is 21.9. The average molecular weight is 427 g/mol. The topological polar surface area (TPSA) is 105 Å². The van der Waals surface area contributed by atoms with Crippen molar-refractivity contribution < 1.29 is 22.7 Å². The molecular weight excluding hydrogens is 406 g/mol. The molecule has 156 valence electrons. The monoisotopic (exact) mass is 427 g/mol. The maximum absolute atomic E-state index is 13.3. The molecule has 0 atom stereocenters. The molecule has 0 saturated carbocycles. The van der Waals surface area contributed by atoms with Crippen LogP contribution < -0.4 is 5.32 Å². The number of amides is 1. The largest absolute Gasteiger partial charge is 0.444 e. The van der Waals surface area contributed by atoms with Crippen molar-refractivity contribution in [3.05, 3.63) is 70.6 Å². The van der Waals surface area contributed by atoms with Gasteiger partial charge < -0.3 is 9.64 Å². The van der Waals surface area contributed by atoms with E-state index in [1.807, 2.05) is 0 Å². The van der Waals surface area contributed by atoms with Gasteiger partial charge in [0.05, 0.1) is 9.80 Å². The molecule has 1 amide bonds. The number of carbonyl (C=O) groups excluding carboxylic acids is 2. The van der Waals surface area contributed by atoms with Crippen LogP contribution in [0, 0.1) is 0 Å². The van der Waals surface area contributed by atoms with E-state index >= 15 is 0 Å². The van der Waals surface area contributed by atoms with E-state index in [2.05, 4.69) is 10.3 Å². The molecule has 0 unspecified atom stereocenters. The second-order valence-electron chi connectivity index (χ2n) is 6.64. The number of guanidine groups is 1. The molecule has 2 aromatic carbocycles. The van der Waals surface area contributed by atoms with Gasteiger partial charge in [0, 0.05) is 32.3 Å². The van der Waals surface area contributed by atoms with E-state index in [1.165, 1.54) is 19.2 Å². The molecule has 1 aliphatic rings. The molecule has 3 rings (SSSR count). The fraction of sp³-hybridized carbons (Fsp3) is 0.190. The quantitative estimate of drug-likeness (QED) is 0.595. The van der Waals surface area contributed by atoms with Crippen molar-refractivity contribution in [3.63, 3.8) is 0 Å². The minimum Gasteiger partial charge on any atom is -0.444 e. The summed E-state index contributed by atoms with van der Waals surface area (Å²) in [6.07, 6.45) is -0.884. The van der Waals surface area contributed by atoms with Gasteiger partial charge in [0.25, 0.3) is 0 Å². The van der Waals surface area contributed by atoms with Crippen LogP contribution in [0.3, 0.4) is 0 Å². The number of Topliss-reactive ketones (excluding diaryl/α,β-unsaturated/α-hetero) is 1. The van der Waals surface area contributed by atoms with Crippen LogP contribution in [0.4, 0.5) is 4.79 Å². The van der Waals surface area contributed by atoms with E-state index in [0.29, 0.717) is 5.56 Å². The first-order chi connectivity index (χ1) is 14.3. The Morgan fingerprint density at radius 2 is 1.70 bits per heavy atom. The predicted molar refractivity (Wildman–Crippen MR) is 113 cm³/mol. The molecule has 0 fully saturated rings. The second kappa shape index (κ2) is 8.50. The normalized spacial score (nSPS) is 15.4. The fourth-order valence-electron chi connectivity index (χ4n) is 3.09. The van der Waals surface area contributed by atoms with E-state index in [0.717, 1.165) is 0 Å². The molecule has 2 aromatic rings. The number of aliphatic imine (C=N–C) groups is 1. The van der Waals surface area contributed by atoms with Crippen molar-refractivity contribution in [2.24, 2.45) is 4.99 Å². The molecule has 0 spiro atoms. The average Bonchev–Trinajstić information content (AvgIpc) is 2.74. The molecular formula is C21H21N3O5S. The third-order valence-corrected chi connectivity index (χ3v) is 6.40. The van der Waals surface area contributed by atoms with Crippen molar-refractivity contribution in [1.82, 2.24) is 10.2 Å². The number of alkyl carbamates (subject to hydrolysis) is 1. The number of benzene rings is 2. The summed E-state index contributed by atoms with van der Waals surface area (Å²) in [6, 6.07) is 14.5. The smallest absolute Gasteiger partial charge is 0.414 e. The van der Waals surface area contributed by atoms with Crippen LogP contribution in [0.5, 0.6) is 0 Å². The van der Waals surface area contributed by atoms with Gasteiger partial charge in [-0.1, -0.05) is 42.5 Å². The van der Waals surface area contributed by atoms with Crippen LogP contribution in [0.25, 0.3) is 5.57 Å². The van der Waals surface area contributed by atoms with E-state index in [4.69, 9.17) is 4.74 Å². The summed E-state index contributed by atoms with van der Waals surface area (Å²) in [5.41, 5.74) is 0.528. The minimum absolute atomic E-state index is 0.000841. The van der Waals surface area contributed by atoms with Crippen molar-refractivity contribution >= 4 is 33.2 Å². The number of carbonyl (C=O) groups is 2. The lowest BCUT2D eigenvalue weighted by molar-refractivity contribution is 0.105. The molecule has 0 bridgehead atoms. The first-order valence-electron chi connectivity index (χ1n) is 9.02. The van der Waals surface area contributed by atoms with Crippen LogP contribution in [0.15, 0.2) is 69.4 Å². The SMILES string of the molecule is CN=C(NC(=O)OCC1=C(c2ccccc2)C(=O)c2ccccc2S1(=O)=O)N(C)C. The number of nitrogens with one attached hydrogen (secondary N) is 1. The van der Waals surface area contributed by atoms with Crippen molar-refractivity contribution in [1.29, 1.82) is 0 Å². The predicted octanol–water partition coefficient (Wildman–Crippen LogP) is 2.34. The van der Waals surface area contributed by atoms with Gasteiger partial charge in [-0.25, -0.2) is 13.2 Å². The summed E-state index contributed by atoms with van der Waals surface area (Å²) >= 11 is 0. The zero-order valence-corrected chi connectivity index (χ0v) is 17.6. The highest BCUT2D eigenvalue weighted by molar-refractivity contribution is 7.95. The third-order valence-electron chi connectivity index (χ3n) is 4.50. The number of sulfone groups is 1. The van der Waals surface area contributed by atoms with Crippen molar-refractivity contribution in [2.45, 2.75) is 4.90 Å². The summed E-state index contributed by atoms with van der Waals surface area (Å²) in [4.78, 5) is 30.5. The lowest BCUT2D eigenvalue weighted by Crippen LogP contribution is -2.40. The molecule has 30 heavy (non-hydrogen) atoms. The summed E-state index contributed by atoms with van der Waals surface area (Å²) in [5, 5.41) is 2.43. The Bertz CT molecular complexity index is 1150. The van der Waals surface area contributed by atoms with Gasteiger partial charge in [0.2, 0.25) is 15.8 Å². The van der Waals surface area contributed by atoms with Crippen LogP contribution in [-0.4, -0.2) is 58.9 Å². The summed E-state index contributed by atoms with van der Waals surface area (Å²) in [5.74, 6) is -0.195. The van der Waals surface area contributed by atoms with Gasteiger partial charge in [0.15, 0.2) is 5.78 Å². The minimum atomic E-state index is -4.05. The first-order valence-corrected chi connectivity index (χ1v) is 10.5. The number of allylic oxidation sites excluding steroid dienone is 1. The van der Waals surface area contributed by atoms with Crippen LogP contribution in [0.2, 0.25) is 0 Å². The van der Waals surface area contributed by atoms with Gasteiger partial charge in [-0.2, -0.15) is 0 Å². The number of hydrogen-bond donors (Lipinski definition) is 1. The maximum atomic E-state index is 13.3. The summed E-state index contributed by atoms with van der Waals surface area (Å²) in [7, 11) is 0.808. The second-order valence-corrected chi connectivity index (χ2v) is 8.58. The van der Waals surface area contributed by atoms with Gasteiger partial charge in [-0.05, 0) is 17.7 Å². The molecule has 0 aliphatic carbocycles. The molecule has 8 nitrogen and oxygen atoms in total. The summed E-state index contributed by atoms with van der Waals surface area (Å²) < 4.78 is 31.7. The van der Waals surface area contributed by atoms with Gasteiger partial charge in [0.1, 0.15) is 6.61 Å². The van der Waals surface area contributed by atoms with E-state index in [-0.39, 0.29) is 26.9 Å². The molecule has 1 aliphatic heterocycles. The van der Waals surface area contributed by atoms with Crippen molar-refractivity contribution in [3.8, 4) is 0 Å². The Morgan fingerprint density at radius 1 is 1.07 bits per heavy atom. The Hall–Kier alpha value is -3.46. The van der Waals surface area contributed by atoms with Gasteiger partial charge >= 0.3 is 6.09 Å². The highest BCUT2D eigenvalue weighted by Crippen LogP contribution is 2.37. The highest BCUT2D eigenvalue weighted by atomic mass is 32.2. The highest BCUT2D eigenvalue weighted by Gasteiger charge is 2.38. The Morgan fingerprint density at radius 3 is 2.33 bits per heavy atom. The molecule has 9 heteroatoms. The van der Waals surface area contributed by atoms with E-state index in [9.17, 15) is 18.0 Å². The molecule has 0 radical (unpaired) electrons. The number of ether oxygens (including phenoxy) is 1. The standard InChI is InChI=1S/C21H21N3O5S/c1-22-20(24(2)3)23-21(26)29-13-17-18(14-9-5-4-6-10-14)19(25)15-11-7-8-12-16(15)30(17,27)28/h4-12H,13H2,1-3H3,(H,22,23,26). The van der Waals surface area contributed by atoms with Gasteiger partial charge in [-0.15, -0.1) is 0 Å². The fourth-order valence-corrected chi connectivity index (χ4v) is 4.76. The van der Waals surface area contributed by atoms with Crippen LogP contribution in [-0.2, 0) is 14.6 Å². The third kappa shape index (κ3) is 3.97. The number of ketones is 1.